The standard InChI is InChI=1S/C22H24F3NO2Si/c1-5-28-21(27)19-14-15-9-6-7-12-18(15)26(19)20(29(2,3)4)16-10-8-11-17(13-16)22(23,24)25/h6-14,20H,5H2,1-4H3. The summed E-state index contributed by atoms with van der Waals surface area (Å²) < 4.78 is 47.2. The second-order valence-electron chi connectivity index (χ2n) is 8.07. The van der Waals surface area contributed by atoms with E-state index in [9.17, 15) is 18.0 Å². The van der Waals surface area contributed by atoms with Gasteiger partial charge in [-0.3, -0.25) is 0 Å². The predicted octanol–water partition coefficient (Wildman–Crippen LogP) is 6.30. The van der Waals surface area contributed by atoms with Crippen LogP contribution in [0.5, 0.6) is 0 Å². The van der Waals surface area contributed by atoms with Crippen molar-refractivity contribution < 1.29 is 22.7 Å². The summed E-state index contributed by atoms with van der Waals surface area (Å²) in [7, 11) is -2.14. The number of halogens is 3. The number of carbonyl (C=O) groups excluding carboxylic acids is 1. The van der Waals surface area contributed by atoms with Crippen molar-refractivity contribution in [1.29, 1.82) is 0 Å². The SMILES string of the molecule is CCOC(=O)c1cc2ccccc2n1C(c1cccc(C(F)(F)F)c1)[Si](C)(C)C. The Kier molecular flexibility index (Phi) is 5.62. The fourth-order valence-corrected chi connectivity index (χ4v) is 5.97. The van der Waals surface area contributed by atoms with Crippen LogP contribution >= 0.6 is 0 Å². The molecular formula is C22H24F3NO2Si. The maximum absolute atomic E-state index is 13.4. The lowest BCUT2D eigenvalue weighted by atomic mass is 10.1. The van der Waals surface area contributed by atoms with Gasteiger partial charge in [0.1, 0.15) is 5.69 Å². The Bertz CT molecular complexity index is 1030. The lowest BCUT2D eigenvalue weighted by molar-refractivity contribution is -0.137. The monoisotopic (exact) mass is 419 g/mol. The third kappa shape index (κ3) is 4.24. The van der Waals surface area contributed by atoms with E-state index in [-0.39, 0.29) is 12.3 Å². The van der Waals surface area contributed by atoms with Gasteiger partial charge in [-0.25, -0.2) is 4.79 Å². The van der Waals surface area contributed by atoms with Crippen LogP contribution < -0.4 is 0 Å². The predicted molar refractivity (Wildman–Crippen MR) is 111 cm³/mol. The third-order valence-corrected chi connectivity index (χ3v) is 7.07. The van der Waals surface area contributed by atoms with Crippen molar-refractivity contribution in [3.63, 3.8) is 0 Å². The van der Waals surface area contributed by atoms with Gasteiger partial charge in [0.15, 0.2) is 0 Å². The molecule has 29 heavy (non-hydrogen) atoms. The van der Waals surface area contributed by atoms with Crippen molar-refractivity contribution in [2.45, 2.75) is 38.4 Å². The second-order valence-corrected chi connectivity index (χ2v) is 13.3. The van der Waals surface area contributed by atoms with Crippen LogP contribution in [0.2, 0.25) is 19.6 Å². The minimum Gasteiger partial charge on any atom is -0.461 e. The Morgan fingerprint density at radius 2 is 1.76 bits per heavy atom. The highest BCUT2D eigenvalue weighted by molar-refractivity contribution is 6.77. The molecule has 0 aliphatic rings. The van der Waals surface area contributed by atoms with E-state index in [4.69, 9.17) is 4.74 Å². The molecule has 0 aliphatic carbocycles. The fraction of sp³-hybridized carbons (Fsp3) is 0.318. The van der Waals surface area contributed by atoms with E-state index >= 15 is 0 Å². The molecule has 154 valence electrons. The number of esters is 1. The molecule has 0 saturated carbocycles. The van der Waals surface area contributed by atoms with Crippen LogP contribution in [0, 0.1) is 0 Å². The number of aromatic nitrogens is 1. The van der Waals surface area contributed by atoms with E-state index in [1.807, 2.05) is 28.8 Å². The molecule has 0 saturated heterocycles. The first-order valence-electron chi connectivity index (χ1n) is 9.48. The van der Waals surface area contributed by atoms with E-state index in [0.29, 0.717) is 11.3 Å². The lowest BCUT2D eigenvalue weighted by Crippen LogP contribution is -2.37. The van der Waals surface area contributed by atoms with Crippen LogP contribution in [0.25, 0.3) is 10.9 Å². The topological polar surface area (TPSA) is 31.2 Å². The molecule has 0 N–H and O–H groups in total. The van der Waals surface area contributed by atoms with Crippen LogP contribution in [-0.2, 0) is 10.9 Å². The zero-order chi connectivity index (χ0) is 21.4. The Morgan fingerprint density at radius 1 is 1.07 bits per heavy atom. The third-order valence-electron chi connectivity index (χ3n) is 4.84. The van der Waals surface area contributed by atoms with Gasteiger partial charge in [-0.2, -0.15) is 13.2 Å². The summed E-state index contributed by atoms with van der Waals surface area (Å²) in [6, 6.07) is 14.7. The average Bonchev–Trinajstić information content (AvgIpc) is 3.00. The summed E-state index contributed by atoms with van der Waals surface area (Å²) in [5, 5.41) is 0.853. The molecule has 0 fully saturated rings. The number of alkyl halides is 3. The summed E-state index contributed by atoms with van der Waals surface area (Å²) in [4.78, 5) is 12.7. The fourth-order valence-electron chi connectivity index (χ4n) is 3.74. The highest BCUT2D eigenvalue weighted by Crippen LogP contribution is 2.37. The largest absolute Gasteiger partial charge is 0.461 e. The molecule has 1 heterocycles. The van der Waals surface area contributed by atoms with Gasteiger partial charge in [-0.15, -0.1) is 0 Å². The van der Waals surface area contributed by atoms with E-state index in [1.165, 1.54) is 12.1 Å². The normalized spacial score (nSPS) is 13.5. The summed E-state index contributed by atoms with van der Waals surface area (Å²) in [6.07, 6.45) is -4.43. The highest BCUT2D eigenvalue weighted by atomic mass is 28.3. The van der Waals surface area contributed by atoms with Crippen LogP contribution in [0.3, 0.4) is 0 Å². The van der Waals surface area contributed by atoms with Gasteiger partial charge in [0.25, 0.3) is 0 Å². The molecule has 1 unspecified atom stereocenters. The maximum Gasteiger partial charge on any atom is 0.416 e. The van der Waals surface area contributed by atoms with E-state index in [1.54, 1.807) is 19.1 Å². The quantitative estimate of drug-likeness (QED) is 0.359. The number of hydrogen-bond donors (Lipinski definition) is 0. The number of nitrogens with zero attached hydrogens (tertiary/aromatic N) is 1. The van der Waals surface area contributed by atoms with Gasteiger partial charge in [0.05, 0.1) is 25.9 Å². The number of fused-ring (bicyclic) bond motifs is 1. The first-order chi connectivity index (χ1) is 13.5. The average molecular weight is 420 g/mol. The van der Waals surface area contributed by atoms with Crippen molar-refractivity contribution in [3.8, 4) is 0 Å². The Hall–Kier alpha value is -2.54. The van der Waals surface area contributed by atoms with Crippen molar-refractivity contribution in [2.24, 2.45) is 0 Å². The van der Waals surface area contributed by atoms with Crippen molar-refractivity contribution in [2.75, 3.05) is 6.61 Å². The first kappa shape index (κ1) is 21.2. The van der Waals surface area contributed by atoms with Gasteiger partial charge >= 0.3 is 12.1 Å². The summed E-state index contributed by atoms with van der Waals surface area (Å²) in [5.41, 5.74) is 0.653. The molecule has 0 radical (unpaired) electrons. The van der Waals surface area contributed by atoms with Gasteiger partial charge in [-0.05, 0) is 36.8 Å². The Morgan fingerprint density at radius 3 is 2.38 bits per heavy atom. The lowest BCUT2D eigenvalue weighted by Gasteiger charge is -2.33. The molecule has 7 heteroatoms. The zero-order valence-corrected chi connectivity index (χ0v) is 17.9. The van der Waals surface area contributed by atoms with E-state index in [2.05, 4.69) is 19.6 Å². The van der Waals surface area contributed by atoms with Gasteiger partial charge in [0, 0.05) is 10.9 Å². The zero-order valence-electron chi connectivity index (χ0n) is 16.9. The van der Waals surface area contributed by atoms with E-state index in [0.717, 1.165) is 17.0 Å². The summed E-state index contributed by atoms with van der Waals surface area (Å²) >= 11 is 0. The summed E-state index contributed by atoms with van der Waals surface area (Å²) in [6.45, 7) is 8.21. The minimum absolute atomic E-state index is 0.224. The van der Waals surface area contributed by atoms with Crippen LogP contribution in [0.1, 0.15) is 34.2 Å². The van der Waals surface area contributed by atoms with Crippen LogP contribution in [0.4, 0.5) is 13.2 Å². The number of ether oxygens (including phenoxy) is 1. The molecule has 2 aromatic carbocycles. The van der Waals surface area contributed by atoms with Gasteiger partial charge in [-0.1, -0.05) is 50.0 Å². The van der Waals surface area contributed by atoms with Gasteiger partial charge < -0.3 is 9.30 Å². The molecular weight excluding hydrogens is 395 g/mol. The molecule has 3 aromatic rings. The molecule has 0 aliphatic heterocycles. The van der Waals surface area contributed by atoms with Crippen LogP contribution in [-0.4, -0.2) is 25.2 Å². The Labute approximate surface area is 169 Å². The van der Waals surface area contributed by atoms with Crippen molar-refractivity contribution in [3.05, 3.63) is 71.4 Å². The first-order valence-corrected chi connectivity index (χ1v) is 13.1. The maximum atomic E-state index is 13.4. The van der Waals surface area contributed by atoms with Crippen LogP contribution in [0.15, 0.2) is 54.6 Å². The van der Waals surface area contributed by atoms with E-state index < -0.39 is 25.8 Å². The molecule has 1 atom stereocenters. The number of rotatable bonds is 5. The number of hydrogen-bond acceptors (Lipinski definition) is 2. The van der Waals surface area contributed by atoms with Gasteiger partial charge in [0.2, 0.25) is 0 Å². The molecule has 0 bridgehead atoms. The number of benzene rings is 2. The molecule has 3 rings (SSSR count). The molecule has 0 amide bonds. The van der Waals surface area contributed by atoms with Crippen molar-refractivity contribution >= 4 is 24.9 Å². The molecule has 3 nitrogen and oxygen atoms in total. The molecule has 1 aromatic heterocycles. The number of carbonyl (C=O) groups is 1. The molecule has 0 spiro atoms. The van der Waals surface area contributed by atoms with Crippen molar-refractivity contribution in [1.82, 2.24) is 4.57 Å². The summed E-state index contributed by atoms with van der Waals surface area (Å²) in [5.74, 6) is -0.473. The Balaban J connectivity index is 2.30. The minimum atomic E-state index is -4.43. The highest BCUT2D eigenvalue weighted by Gasteiger charge is 2.36. The smallest absolute Gasteiger partial charge is 0.416 e. The number of para-hydroxylation sites is 1. The second kappa shape index (κ2) is 7.70.